The highest BCUT2D eigenvalue weighted by molar-refractivity contribution is 5.72. The molecule has 2 fully saturated rings. The molecule has 0 radical (unpaired) electrons. The van der Waals surface area contributed by atoms with Gasteiger partial charge in [0.2, 0.25) is 0 Å². The van der Waals surface area contributed by atoms with Crippen LogP contribution in [0.25, 0.3) is 5.57 Å². The number of rotatable bonds is 7. The molecule has 5 nitrogen and oxygen atoms in total. The fourth-order valence-corrected chi connectivity index (χ4v) is 6.36. The van der Waals surface area contributed by atoms with Gasteiger partial charge in [-0.05, 0) is 84.1 Å². The second-order valence-corrected chi connectivity index (χ2v) is 8.98. The Bertz CT molecular complexity index is 745. The number of ether oxygens (including phenoxy) is 4. The van der Waals surface area contributed by atoms with Crippen molar-refractivity contribution in [2.45, 2.75) is 51.0 Å². The highest BCUT2D eigenvalue weighted by Crippen LogP contribution is 2.63. The Labute approximate surface area is 174 Å². The zero-order valence-electron chi connectivity index (χ0n) is 17.9. The zero-order valence-corrected chi connectivity index (χ0v) is 17.9. The van der Waals surface area contributed by atoms with Crippen molar-refractivity contribution in [2.75, 3.05) is 34.4 Å². The standard InChI is InChI=1S/C24H34O5/c1-24-10-8-19-18-5-4-17(28-14-26-2)13-20(18)16(9-11-25)12-21(19)22(24)6-7-23(24)29-15-27-3/h4-5,9,13,19,21-23,25H,6-8,10-12,14-15H2,1-3H3/b16-9-/t19-,21-,22+,23+,24+/m1/s1. The summed E-state index contributed by atoms with van der Waals surface area (Å²) in [5.74, 6) is 2.63. The van der Waals surface area contributed by atoms with Gasteiger partial charge >= 0.3 is 0 Å². The van der Waals surface area contributed by atoms with Crippen molar-refractivity contribution in [2.24, 2.45) is 17.3 Å². The van der Waals surface area contributed by atoms with Crippen LogP contribution >= 0.6 is 0 Å². The van der Waals surface area contributed by atoms with Crippen LogP contribution in [-0.2, 0) is 14.2 Å². The van der Waals surface area contributed by atoms with Crippen LogP contribution in [0.5, 0.6) is 5.75 Å². The molecule has 5 atom stereocenters. The molecule has 2 saturated carbocycles. The highest BCUT2D eigenvalue weighted by atomic mass is 16.7. The summed E-state index contributed by atoms with van der Waals surface area (Å²) in [4.78, 5) is 0. The second kappa shape index (κ2) is 8.76. The van der Waals surface area contributed by atoms with Crippen molar-refractivity contribution in [3.05, 3.63) is 35.4 Å². The van der Waals surface area contributed by atoms with E-state index in [1.54, 1.807) is 14.2 Å². The van der Waals surface area contributed by atoms with E-state index in [1.807, 2.05) is 6.08 Å². The molecule has 5 heteroatoms. The summed E-state index contributed by atoms with van der Waals surface area (Å²) in [6.07, 6.45) is 7.98. The highest BCUT2D eigenvalue weighted by Gasteiger charge is 2.55. The molecule has 0 amide bonds. The molecule has 3 aliphatic carbocycles. The Balaban J connectivity index is 1.64. The van der Waals surface area contributed by atoms with Crippen LogP contribution in [0.1, 0.15) is 56.1 Å². The largest absolute Gasteiger partial charge is 0.468 e. The third-order valence-electron chi connectivity index (χ3n) is 7.64. The smallest absolute Gasteiger partial charge is 0.188 e. The Morgan fingerprint density at radius 3 is 2.72 bits per heavy atom. The van der Waals surface area contributed by atoms with Crippen LogP contribution in [0, 0.1) is 17.3 Å². The predicted octanol–water partition coefficient (Wildman–Crippen LogP) is 4.35. The minimum atomic E-state index is 0.0663. The molecule has 4 rings (SSSR count). The number of aliphatic hydroxyl groups excluding tert-OH is 1. The minimum absolute atomic E-state index is 0.0663. The second-order valence-electron chi connectivity index (χ2n) is 8.98. The third-order valence-corrected chi connectivity index (χ3v) is 7.64. The van der Waals surface area contributed by atoms with Crippen LogP contribution in [0.4, 0.5) is 0 Å². The average Bonchev–Trinajstić information content (AvgIpc) is 3.07. The van der Waals surface area contributed by atoms with Gasteiger partial charge in [-0.2, -0.15) is 0 Å². The Morgan fingerprint density at radius 1 is 1.14 bits per heavy atom. The van der Waals surface area contributed by atoms with Gasteiger partial charge in [-0.15, -0.1) is 0 Å². The maximum Gasteiger partial charge on any atom is 0.188 e. The van der Waals surface area contributed by atoms with Gasteiger partial charge in [0.25, 0.3) is 0 Å². The van der Waals surface area contributed by atoms with E-state index in [-0.39, 0.29) is 24.9 Å². The Hall–Kier alpha value is -1.40. The Morgan fingerprint density at radius 2 is 1.97 bits per heavy atom. The van der Waals surface area contributed by atoms with Gasteiger partial charge in [0, 0.05) is 14.2 Å². The SMILES string of the molecule is COCOc1ccc2c(c1)/C(=C\CO)C[C@@H]1[C@@H]2CC[C@]2(C)[C@@H](OCOC)CC[C@@H]12. The van der Waals surface area contributed by atoms with Gasteiger partial charge in [0.15, 0.2) is 6.79 Å². The van der Waals surface area contributed by atoms with Crippen molar-refractivity contribution in [1.29, 1.82) is 0 Å². The molecule has 3 aliphatic rings. The van der Waals surface area contributed by atoms with E-state index in [2.05, 4.69) is 25.1 Å². The van der Waals surface area contributed by atoms with Crippen molar-refractivity contribution >= 4 is 5.57 Å². The summed E-state index contributed by atoms with van der Waals surface area (Å²) in [5, 5.41) is 9.67. The van der Waals surface area contributed by atoms with Crippen molar-refractivity contribution in [3.63, 3.8) is 0 Å². The monoisotopic (exact) mass is 402 g/mol. The molecule has 0 aliphatic heterocycles. The lowest BCUT2D eigenvalue weighted by molar-refractivity contribution is -0.124. The summed E-state index contributed by atoms with van der Waals surface area (Å²) >= 11 is 0. The quantitative estimate of drug-likeness (QED) is 0.687. The fourth-order valence-electron chi connectivity index (χ4n) is 6.36. The average molecular weight is 403 g/mol. The van der Waals surface area contributed by atoms with E-state index in [4.69, 9.17) is 18.9 Å². The minimum Gasteiger partial charge on any atom is -0.468 e. The van der Waals surface area contributed by atoms with Crippen LogP contribution in [0.3, 0.4) is 0 Å². The van der Waals surface area contributed by atoms with Gasteiger partial charge < -0.3 is 24.1 Å². The first kappa shape index (κ1) is 20.9. The van der Waals surface area contributed by atoms with Gasteiger partial charge in [0.05, 0.1) is 12.7 Å². The molecule has 0 unspecified atom stereocenters. The van der Waals surface area contributed by atoms with E-state index in [9.17, 15) is 5.11 Å². The maximum absolute atomic E-state index is 9.67. The molecule has 0 aromatic heterocycles. The first-order valence-corrected chi connectivity index (χ1v) is 10.8. The number of benzene rings is 1. The lowest BCUT2D eigenvalue weighted by Crippen LogP contribution is -2.44. The molecule has 1 aromatic rings. The summed E-state index contributed by atoms with van der Waals surface area (Å²) in [5.41, 5.74) is 4.11. The molecule has 0 heterocycles. The number of hydrogen-bond acceptors (Lipinski definition) is 5. The van der Waals surface area contributed by atoms with E-state index in [1.165, 1.54) is 36.0 Å². The van der Waals surface area contributed by atoms with E-state index in [0.29, 0.717) is 24.5 Å². The van der Waals surface area contributed by atoms with E-state index < -0.39 is 0 Å². The van der Waals surface area contributed by atoms with Gasteiger partial charge in [0.1, 0.15) is 12.5 Å². The maximum atomic E-state index is 9.67. The molecule has 0 spiro atoms. The van der Waals surface area contributed by atoms with Crippen LogP contribution in [0.15, 0.2) is 24.3 Å². The number of hydrogen-bond donors (Lipinski definition) is 1. The summed E-state index contributed by atoms with van der Waals surface area (Å²) in [7, 11) is 3.32. The summed E-state index contributed by atoms with van der Waals surface area (Å²) in [6, 6.07) is 6.42. The third kappa shape index (κ3) is 3.74. The normalized spacial score (nSPS) is 34.6. The Kier molecular flexibility index (Phi) is 6.30. The van der Waals surface area contributed by atoms with Crippen LogP contribution in [-0.4, -0.2) is 45.6 Å². The molecule has 29 heavy (non-hydrogen) atoms. The fraction of sp³-hybridized carbons (Fsp3) is 0.667. The molecular weight excluding hydrogens is 368 g/mol. The first-order valence-electron chi connectivity index (χ1n) is 10.8. The number of methoxy groups -OCH3 is 2. The number of aliphatic hydroxyl groups is 1. The molecule has 1 N–H and O–H groups in total. The summed E-state index contributed by atoms with van der Waals surface area (Å²) < 4.78 is 22.0. The van der Waals surface area contributed by atoms with Gasteiger partial charge in [-0.25, -0.2) is 0 Å². The lowest BCUT2D eigenvalue weighted by atomic mass is 9.54. The topological polar surface area (TPSA) is 57.2 Å². The molecule has 0 bridgehead atoms. The van der Waals surface area contributed by atoms with Crippen molar-refractivity contribution < 1.29 is 24.1 Å². The molecule has 0 saturated heterocycles. The number of allylic oxidation sites excluding steroid dienone is 1. The summed E-state index contributed by atoms with van der Waals surface area (Å²) in [6.45, 7) is 3.11. The number of fused-ring (bicyclic) bond motifs is 5. The van der Waals surface area contributed by atoms with E-state index >= 15 is 0 Å². The van der Waals surface area contributed by atoms with Gasteiger partial charge in [-0.3, -0.25) is 0 Å². The molecule has 1 aromatic carbocycles. The van der Waals surface area contributed by atoms with Gasteiger partial charge in [-0.1, -0.05) is 19.1 Å². The van der Waals surface area contributed by atoms with Crippen LogP contribution in [0.2, 0.25) is 0 Å². The van der Waals surface area contributed by atoms with Crippen molar-refractivity contribution in [3.8, 4) is 5.75 Å². The van der Waals surface area contributed by atoms with Crippen molar-refractivity contribution in [1.82, 2.24) is 0 Å². The predicted molar refractivity (Wildman–Crippen MR) is 112 cm³/mol. The molecule has 160 valence electrons. The van der Waals surface area contributed by atoms with Crippen LogP contribution < -0.4 is 4.74 Å². The zero-order chi connectivity index (χ0) is 20.4. The lowest BCUT2D eigenvalue weighted by Gasteiger charge is -2.51. The molecular formula is C24H34O5. The van der Waals surface area contributed by atoms with E-state index in [0.717, 1.165) is 18.6 Å². The first-order chi connectivity index (χ1) is 14.1.